The first kappa shape index (κ1) is 9.70. The van der Waals surface area contributed by atoms with Gasteiger partial charge in [0.1, 0.15) is 5.69 Å². The Balaban J connectivity index is 3.10. The van der Waals surface area contributed by atoms with Crippen LogP contribution in [0.2, 0.25) is 0 Å². The molecule has 0 aliphatic rings. The van der Waals surface area contributed by atoms with E-state index < -0.39 is 5.92 Å². The van der Waals surface area contributed by atoms with Crippen molar-refractivity contribution < 1.29 is 8.78 Å². The van der Waals surface area contributed by atoms with Crippen LogP contribution in [0, 0.1) is 0 Å². The van der Waals surface area contributed by atoms with E-state index in [0.29, 0.717) is 5.69 Å². The number of anilines is 2. The molecule has 1 heterocycles. The van der Waals surface area contributed by atoms with Crippen molar-refractivity contribution >= 4 is 11.4 Å². The maximum Gasteiger partial charge on any atom is 0.287 e. The fourth-order valence-corrected chi connectivity index (χ4v) is 0.920. The van der Waals surface area contributed by atoms with Gasteiger partial charge in [-0.05, 0) is 6.07 Å². The summed E-state index contributed by atoms with van der Waals surface area (Å²) in [5.74, 6) is -2.94. The van der Waals surface area contributed by atoms with Gasteiger partial charge in [-0.15, -0.1) is 0 Å². The lowest BCUT2D eigenvalue weighted by molar-refractivity contribution is 0.0128. The van der Waals surface area contributed by atoms with Crippen LogP contribution in [-0.4, -0.2) is 12.0 Å². The molecule has 0 spiro atoms. The van der Waals surface area contributed by atoms with E-state index in [1.165, 1.54) is 12.3 Å². The van der Waals surface area contributed by atoms with E-state index in [0.717, 1.165) is 6.92 Å². The molecule has 0 fully saturated rings. The summed E-state index contributed by atoms with van der Waals surface area (Å²) in [6.07, 6.45) is 1.29. The van der Waals surface area contributed by atoms with Crippen molar-refractivity contribution in [2.45, 2.75) is 12.8 Å². The minimum Gasteiger partial charge on any atom is -0.397 e. The Morgan fingerprint density at radius 3 is 2.54 bits per heavy atom. The third-order valence-electron chi connectivity index (χ3n) is 1.66. The van der Waals surface area contributed by atoms with Gasteiger partial charge in [0.05, 0.1) is 17.6 Å². The average molecular weight is 187 g/mol. The zero-order chi connectivity index (χ0) is 10.1. The summed E-state index contributed by atoms with van der Waals surface area (Å²) >= 11 is 0. The van der Waals surface area contributed by atoms with Crippen molar-refractivity contribution in [3.8, 4) is 0 Å². The molecule has 0 unspecified atom stereocenters. The molecule has 1 aromatic heterocycles. The highest BCUT2D eigenvalue weighted by atomic mass is 19.3. The number of hydrogen-bond acceptors (Lipinski definition) is 3. The van der Waals surface area contributed by atoms with Gasteiger partial charge >= 0.3 is 0 Å². The molecule has 0 radical (unpaired) electrons. The minimum absolute atomic E-state index is 0.272. The number of nitrogens with two attached hydrogens (primary N) is 1. The van der Waals surface area contributed by atoms with E-state index in [1.54, 1.807) is 7.05 Å². The van der Waals surface area contributed by atoms with Crippen molar-refractivity contribution in [1.82, 2.24) is 4.98 Å². The van der Waals surface area contributed by atoms with E-state index >= 15 is 0 Å². The van der Waals surface area contributed by atoms with Gasteiger partial charge in [0.25, 0.3) is 5.92 Å². The predicted molar refractivity (Wildman–Crippen MR) is 47.8 cm³/mol. The molecule has 3 N–H and O–H groups in total. The van der Waals surface area contributed by atoms with E-state index in [9.17, 15) is 8.78 Å². The van der Waals surface area contributed by atoms with Crippen LogP contribution in [0.25, 0.3) is 0 Å². The number of rotatable bonds is 2. The number of aromatic nitrogens is 1. The number of halogens is 2. The van der Waals surface area contributed by atoms with Crippen LogP contribution in [-0.2, 0) is 5.92 Å². The maximum absolute atomic E-state index is 12.7. The Hall–Kier alpha value is -1.39. The Bertz CT molecular complexity index is 307. The summed E-state index contributed by atoms with van der Waals surface area (Å²) < 4.78 is 25.5. The minimum atomic E-state index is -2.94. The molecule has 3 nitrogen and oxygen atoms in total. The molecule has 1 rings (SSSR count). The van der Waals surface area contributed by atoms with Crippen LogP contribution in [0.3, 0.4) is 0 Å². The summed E-state index contributed by atoms with van der Waals surface area (Å²) in [5, 5.41) is 2.74. The molecule has 0 bridgehead atoms. The summed E-state index contributed by atoms with van der Waals surface area (Å²) in [4.78, 5) is 3.59. The molecule has 0 aliphatic carbocycles. The van der Waals surface area contributed by atoms with Gasteiger partial charge in [0.2, 0.25) is 0 Å². The molecule has 5 heteroatoms. The zero-order valence-electron chi connectivity index (χ0n) is 7.44. The topological polar surface area (TPSA) is 50.9 Å². The number of alkyl halides is 2. The second-order valence-corrected chi connectivity index (χ2v) is 2.80. The highest BCUT2D eigenvalue weighted by Gasteiger charge is 2.26. The summed E-state index contributed by atoms with van der Waals surface area (Å²) in [6.45, 7) is 0.786. The Kier molecular flexibility index (Phi) is 2.36. The fourth-order valence-electron chi connectivity index (χ4n) is 0.920. The van der Waals surface area contributed by atoms with Crippen LogP contribution in [0.15, 0.2) is 12.3 Å². The molecule has 0 saturated heterocycles. The van der Waals surface area contributed by atoms with Crippen molar-refractivity contribution in [1.29, 1.82) is 0 Å². The molecule has 0 atom stereocenters. The Morgan fingerprint density at radius 1 is 1.54 bits per heavy atom. The van der Waals surface area contributed by atoms with Crippen LogP contribution in [0.1, 0.15) is 12.6 Å². The molecule has 0 amide bonds. The van der Waals surface area contributed by atoms with Gasteiger partial charge in [0.15, 0.2) is 0 Å². The first-order valence-corrected chi connectivity index (χ1v) is 3.76. The van der Waals surface area contributed by atoms with Gasteiger partial charge in [-0.3, -0.25) is 4.98 Å². The molecular weight excluding hydrogens is 176 g/mol. The summed E-state index contributed by atoms with van der Waals surface area (Å²) in [6, 6.07) is 1.17. The quantitative estimate of drug-likeness (QED) is 0.742. The Morgan fingerprint density at radius 2 is 2.15 bits per heavy atom. The van der Waals surface area contributed by atoms with E-state index in [-0.39, 0.29) is 11.4 Å². The van der Waals surface area contributed by atoms with Crippen LogP contribution in [0.5, 0.6) is 0 Å². The number of pyridine rings is 1. The SMILES string of the molecule is CNc1cnc(C(C)(F)F)cc1N. The second-order valence-electron chi connectivity index (χ2n) is 2.80. The van der Waals surface area contributed by atoms with Crippen molar-refractivity contribution in [2.24, 2.45) is 0 Å². The molecule has 0 aliphatic heterocycles. The molecule has 13 heavy (non-hydrogen) atoms. The monoisotopic (exact) mass is 187 g/mol. The van der Waals surface area contributed by atoms with Crippen LogP contribution in [0.4, 0.5) is 20.2 Å². The second kappa shape index (κ2) is 3.16. The number of nitrogens with zero attached hydrogens (tertiary/aromatic N) is 1. The zero-order valence-corrected chi connectivity index (χ0v) is 7.44. The van der Waals surface area contributed by atoms with Crippen LogP contribution >= 0.6 is 0 Å². The van der Waals surface area contributed by atoms with Gasteiger partial charge in [0, 0.05) is 14.0 Å². The lowest BCUT2D eigenvalue weighted by Gasteiger charge is -2.11. The van der Waals surface area contributed by atoms with E-state index in [1.807, 2.05) is 0 Å². The fraction of sp³-hybridized carbons (Fsp3) is 0.375. The maximum atomic E-state index is 12.7. The smallest absolute Gasteiger partial charge is 0.287 e. The lowest BCUT2D eigenvalue weighted by atomic mass is 10.2. The highest BCUT2D eigenvalue weighted by molar-refractivity contribution is 5.64. The standard InChI is InChI=1S/C8H11F2N3/c1-8(9,10)7-3-5(11)6(12-2)4-13-7/h3-4,12H,1-2H3,(H2,11,13). The third-order valence-corrected chi connectivity index (χ3v) is 1.66. The first-order valence-electron chi connectivity index (χ1n) is 3.76. The average Bonchev–Trinajstić information content (AvgIpc) is 2.02. The van der Waals surface area contributed by atoms with Gasteiger partial charge in [-0.25, -0.2) is 0 Å². The summed E-state index contributed by atoms with van der Waals surface area (Å²) in [5.41, 5.74) is 6.00. The first-order chi connectivity index (χ1) is 5.95. The van der Waals surface area contributed by atoms with Crippen molar-refractivity contribution in [3.63, 3.8) is 0 Å². The molecular formula is C8H11F2N3. The number of hydrogen-bond donors (Lipinski definition) is 2. The van der Waals surface area contributed by atoms with Gasteiger partial charge < -0.3 is 11.1 Å². The Labute approximate surface area is 75.0 Å². The molecule has 0 saturated carbocycles. The molecule has 0 aromatic carbocycles. The largest absolute Gasteiger partial charge is 0.397 e. The van der Waals surface area contributed by atoms with Crippen LogP contribution < -0.4 is 11.1 Å². The van der Waals surface area contributed by atoms with Crippen molar-refractivity contribution in [3.05, 3.63) is 18.0 Å². The van der Waals surface area contributed by atoms with Gasteiger partial charge in [-0.2, -0.15) is 8.78 Å². The lowest BCUT2D eigenvalue weighted by Crippen LogP contribution is -2.11. The molecule has 72 valence electrons. The van der Waals surface area contributed by atoms with Gasteiger partial charge in [-0.1, -0.05) is 0 Å². The predicted octanol–water partition coefficient (Wildman–Crippen LogP) is 1.82. The molecule has 1 aromatic rings. The van der Waals surface area contributed by atoms with Crippen molar-refractivity contribution in [2.75, 3.05) is 18.1 Å². The number of nitrogens with one attached hydrogen (secondary N) is 1. The normalized spacial score (nSPS) is 11.4. The highest BCUT2D eigenvalue weighted by Crippen LogP contribution is 2.28. The van der Waals surface area contributed by atoms with E-state index in [4.69, 9.17) is 5.73 Å². The third kappa shape index (κ3) is 2.05. The van der Waals surface area contributed by atoms with E-state index in [2.05, 4.69) is 10.3 Å². The summed E-state index contributed by atoms with van der Waals surface area (Å²) in [7, 11) is 1.65. The number of nitrogen functional groups attached to an aromatic ring is 1.